The van der Waals surface area contributed by atoms with E-state index in [1.807, 2.05) is 12.1 Å². The Morgan fingerprint density at radius 2 is 1.81 bits per heavy atom. The standard InChI is InChI=1S/C10H10BrClN2O2/c11-7-1-3-8(4-2-7)14-10(16)6-13-9(15)5-12/h1-4H,5-6H2,(H,13,15)(H,14,16). The number of alkyl halides is 1. The van der Waals surface area contributed by atoms with Crippen molar-refractivity contribution in [2.75, 3.05) is 17.7 Å². The first kappa shape index (κ1) is 13.0. The lowest BCUT2D eigenvalue weighted by Crippen LogP contribution is -2.33. The molecule has 0 saturated heterocycles. The second-order valence-electron chi connectivity index (χ2n) is 2.97. The molecule has 1 aromatic carbocycles. The molecule has 0 aliphatic rings. The molecule has 0 fully saturated rings. The third-order valence-corrected chi connectivity index (χ3v) is 2.47. The summed E-state index contributed by atoms with van der Waals surface area (Å²) in [6, 6.07) is 7.14. The number of carbonyl (C=O) groups excluding carboxylic acids is 2. The lowest BCUT2D eigenvalue weighted by Gasteiger charge is -2.05. The summed E-state index contributed by atoms with van der Waals surface area (Å²) in [5.41, 5.74) is 0.674. The van der Waals surface area contributed by atoms with Crippen molar-refractivity contribution in [3.8, 4) is 0 Å². The third kappa shape index (κ3) is 4.63. The molecule has 1 aromatic rings. The van der Waals surface area contributed by atoms with Crippen molar-refractivity contribution >= 4 is 45.0 Å². The summed E-state index contributed by atoms with van der Waals surface area (Å²) in [5, 5.41) is 5.00. The largest absolute Gasteiger partial charge is 0.346 e. The predicted octanol–water partition coefficient (Wildman–Crippen LogP) is 1.74. The SMILES string of the molecule is O=C(CCl)NCC(=O)Nc1ccc(Br)cc1. The highest BCUT2D eigenvalue weighted by molar-refractivity contribution is 9.10. The van der Waals surface area contributed by atoms with Crippen molar-refractivity contribution in [2.24, 2.45) is 0 Å². The summed E-state index contributed by atoms with van der Waals surface area (Å²) in [6.07, 6.45) is 0. The number of hydrogen-bond acceptors (Lipinski definition) is 2. The Labute approximate surface area is 106 Å². The van der Waals surface area contributed by atoms with Crippen LogP contribution in [0.4, 0.5) is 5.69 Å². The van der Waals surface area contributed by atoms with E-state index in [0.29, 0.717) is 5.69 Å². The molecule has 1 rings (SSSR count). The van der Waals surface area contributed by atoms with Crippen LogP contribution in [0.1, 0.15) is 0 Å². The molecule has 0 aromatic heterocycles. The van der Waals surface area contributed by atoms with Crippen molar-refractivity contribution in [2.45, 2.75) is 0 Å². The van der Waals surface area contributed by atoms with Crippen molar-refractivity contribution in [1.82, 2.24) is 5.32 Å². The number of hydrogen-bond donors (Lipinski definition) is 2. The Balaban J connectivity index is 2.40. The molecule has 0 spiro atoms. The average molecular weight is 306 g/mol. The van der Waals surface area contributed by atoms with Gasteiger partial charge in [-0.3, -0.25) is 9.59 Å². The van der Waals surface area contributed by atoms with Crippen molar-refractivity contribution in [3.05, 3.63) is 28.7 Å². The molecule has 0 saturated carbocycles. The minimum absolute atomic E-state index is 0.0817. The third-order valence-electron chi connectivity index (χ3n) is 1.70. The molecule has 0 unspecified atom stereocenters. The van der Waals surface area contributed by atoms with Crippen LogP contribution >= 0.6 is 27.5 Å². The number of rotatable bonds is 4. The zero-order chi connectivity index (χ0) is 12.0. The molecular formula is C10H10BrClN2O2. The van der Waals surface area contributed by atoms with Gasteiger partial charge in [0.25, 0.3) is 0 Å². The molecular weight excluding hydrogens is 295 g/mol. The molecule has 4 nitrogen and oxygen atoms in total. The highest BCUT2D eigenvalue weighted by Gasteiger charge is 2.04. The van der Waals surface area contributed by atoms with Gasteiger partial charge in [0, 0.05) is 10.2 Å². The van der Waals surface area contributed by atoms with E-state index in [-0.39, 0.29) is 24.2 Å². The van der Waals surface area contributed by atoms with Gasteiger partial charge in [-0.1, -0.05) is 15.9 Å². The summed E-state index contributed by atoms with van der Waals surface area (Å²) in [5.74, 6) is -0.806. The van der Waals surface area contributed by atoms with Gasteiger partial charge in [0.2, 0.25) is 11.8 Å². The number of halogens is 2. The van der Waals surface area contributed by atoms with Crippen LogP contribution < -0.4 is 10.6 Å². The maximum atomic E-state index is 11.3. The first-order chi connectivity index (χ1) is 7.61. The molecule has 0 radical (unpaired) electrons. The Morgan fingerprint density at radius 1 is 1.19 bits per heavy atom. The molecule has 0 atom stereocenters. The molecule has 6 heteroatoms. The number of amides is 2. The Hall–Kier alpha value is -1.07. The first-order valence-electron chi connectivity index (χ1n) is 4.50. The average Bonchev–Trinajstić information content (AvgIpc) is 2.29. The monoisotopic (exact) mass is 304 g/mol. The van der Waals surface area contributed by atoms with Gasteiger partial charge < -0.3 is 10.6 Å². The van der Waals surface area contributed by atoms with E-state index in [4.69, 9.17) is 11.6 Å². The quantitative estimate of drug-likeness (QED) is 0.833. The van der Waals surface area contributed by atoms with Gasteiger partial charge >= 0.3 is 0 Å². The maximum absolute atomic E-state index is 11.3. The molecule has 2 N–H and O–H groups in total. The summed E-state index contributed by atoms with van der Waals surface area (Å²) in [4.78, 5) is 22.1. The van der Waals surface area contributed by atoms with Crippen molar-refractivity contribution in [3.63, 3.8) is 0 Å². The second-order valence-corrected chi connectivity index (χ2v) is 4.15. The van der Waals surface area contributed by atoms with Gasteiger partial charge in [0.1, 0.15) is 5.88 Å². The van der Waals surface area contributed by atoms with Crippen LogP contribution in [0.2, 0.25) is 0 Å². The summed E-state index contributed by atoms with van der Waals surface area (Å²) in [7, 11) is 0. The highest BCUT2D eigenvalue weighted by atomic mass is 79.9. The molecule has 16 heavy (non-hydrogen) atoms. The van der Waals surface area contributed by atoms with Crippen LogP contribution in [0, 0.1) is 0 Å². The van der Waals surface area contributed by atoms with Crippen LogP contribution in [0.5, 0.6) is 0 Å². The highest BCUT2D eigenvalue weighted by Crippen LogP contribution is 2.13. The van der Waals surface area contributed by atoms with Crippen LogP contribution in [0.25, 0.3) is 0 Å². The molecule has 0 heterocycles. The zero-order valence-electron chi connectivity index (χ0n) is 8.30. The number of nitrogens with one attached hydrogen (secondary N) is 2. The number of benzene rings is 1. The fourth-order valence-electron chi connectivity index (χ4n) is 0.965. The maximum Gasteiger partial charge on any atom is 0.243 e. The van der Waals surface area contributed by atoms with Crippen LogP contribution in [0.3, 0.4) is 0 Å². The minimum Gasteiger partial charge on any atom is -0.346 e. The topological polar surface area (TPSA) is 58.2 Å². The summed E-state index contributed by atoms with van der Waals surface area (Å²) in [6.45, 7) is -0.0817. The summed E-state index contributed by atoms with van der Waals surface area (Å²) < 4.78 is 0.931. The first-order valence-corrected chi connectivity index (χ1v) is 5.82. The van der Waals surface area contributed by atoms with Gasteiger partial charge in [-0.2, -0.15) is 0 Å². The van der Waals surface area contributed by atoms with Crippen LogP contribution in [-0.2, 0) is 9.59 Å². The lowest BCUT2D eigenvalue weighted by atomic mass is 10.3. The molecule has 0 bridgehead atoms. The van der Waals surface area contributed by atoms with Gasteiger partial charge in [-0.05, 0) is 24.3 Å². The van der Waals surface area contributed by atoms with E-state index in [9.17, 15) is 9.59 Å². The lowest BCUT2D eigenvalue weighted by molar-refractivity contribution is -0.122. The smallest absolute Gasteiger partial charge is 0.243 e. The van der Waals surface area contributed by atoms with Crippen molar-refractivity contribution < 1.29 is 9.59 Å². The van der Waals surface area contributed by atoms with E-state index in [1.54, 1.807) is 12.1 Å². The molecule has 0 aliphatic heterocycles. The fourth-order valence-corrected chi connectivity index (χ4v) is 1.32. The van der Waals surface area contributed by atoms with Crippen LogP contribution in [-0.4, -0.2) is 24.2 Å². The molecule has 0 aliphatic carbocycles. The Morgan fingerprint density at radius 3 is 2.38 bits per heavy atom. The molecule has 86 valence electrons. The van der Waals surface area contributed by atoms with Gasteiger partial charge in [0.15, 0.2) is 0 Å². The van der Waals surface area contributed by atoms with Gasteiger partial charge in [0.05, 0.1) is 6.54 Å². The summed E-state index contributed by atoms with van der Waals surface area (Å²) >= 11 is 8.55. The second kappa shape index (κ2) is 6.50. The van der Waals surface area contributed by atoms with E-state index < -0.39 is 0 Å². The van der Waals surface area contributed by atoms with Gasteiger partial charge in [-0.15, -0.1) is 11.6 Å². The predicted molar refractivity (Wildman–Crippen MR) is 66.5 cm³/mol. The normalized spacial score (nSPS) is 9.62. The number of anilines is 1. The fraction of sp³-hybridized carbons (Fsp3) is 0.200. The van der Waals surface area contributed by atoms with Gasteiger partial charge in [-0.25, -0.2) is 0 Å². The van der Waals surface area contributed by atoms with E-state index >= 15 is 0 Å². The van der Waals surface area contributed by atoms with E-state index in [1.165, 1.54) is 0 Å². The van der Waals surface area contributed by atoms with E-state index in [0.717, 1.165) is 4.47 Å². The number of carbonyl (C=O) groups is 2. The van der Waals surface area contributed by atoms with Crippen molar-refractivity contribution in [1.29, 1.82) is 0 Å². The molecule has 2 amide bonds. The zero-order valence-corrected chi connectivity index (χ0v) is 10.6. The minimum atomic E-state index is -0.368. The van der Waals surface area contributed by atoms with Crippen LogP contribution in [0.15, 0.2) is 28.7 Å². The Kier molecular flexibility index (Phi) is 5.28. The van der Waals surface area contributed by atoms with E-state index in [2.05, 4.69) is 26.6 Å². The Bertz CT molecular complexity index is 381.